The van der Waals surface area contributed by atoms with Crippen molar-refractivity contribution in [3.63, 3.8) is 0 Å². The predicted octanol–water partition coefficient (Wildman–Crippen LogP) is 3.60. The molecule has 0 bridgehead atoms. The second kappa shape index (κ2) is 11.1. The summed E-state index contributed by atoms with van der Waals surface area (Å²) in [5, 5.41) is 5.64. The molecule has 1 aromatic heterocycles. The van der Waals surface area contributed by atoms with E-state index < -0.39 is 18.1 Å². The minimum Gasteiger partial charge on any atom is -0.493 e. The average Bonchev–Trinajstić information content (AvgIpc) is 2.91. The zero-order valence-corrected chi connectivity index (χ0v) is 20.5. The number of aromatic nitrogens is 1. The molecular weight excluding hydrogens is 463 g/mol. The van der Waals surface area contributed by atoms with E-state index >= 15 is 0 Å². The highest BCUT2D eigenvalue weighted by atomic mass is 19.1. The molecule has 36 heavy (non-hydrogen) atoms. The number of ether oxygens (including phenoxy) is 2. The van der Waals surface area contributed by atoms with Crippen molar-refractivity contribution in [3.05, 3.63) is 89.0 Å². The van der Waals surface area contributed by atoms with E-state index in [1.165, 1.54) is 12.1 Å². The van der Waals surface area contributed by atoms with Gasteiger partial charge >= 0.3 is 6.03 Å². The van der Waals surface area contributed by atoms with Gasteiger partial charge in [0, 0.05) is 25.5 Å². The molecule has 1 aliphatic rings. The van der Waals surface area contributed by atoms with Crippen LogP contribution in [0.2, 0.25) is 0 Å². The molecule has 2 aromatic carbocycles. The molecule has 188 valence electrons. The van der Waals surface area contributed by atoms with Gasteiger partial charge in [0.05, 0.1) is 20.3 Å². The van der Waals surface area contributed by atoms with Crippen LogP contribution in [0.15, 0.2) is 60.9 Å². The number of halogens is 1. The molecular formula is C27H29FN4O4. The summed E-state index contributed by atoms with van der Waals surface area (Å²) in [7, 11) is 3.13. The Morgan fingerprint density at radius 3 is 2.42 bits per heavy atom. The van der Waals surface area contributed by atoms with Gasteiger partial charge in [0.2, 0.25) is 5.91 Å². The average molecular weight is 493 g/mol. The van der Waals surface area contributed by atoms with Crippen LogP contribution in [0.3, 0.4) is 0 Å². The molecule has 9 heteroatoms. The summed E-state index contributed by atoms with van der Waals surface area (Å²) in [6.45, 7) is 2.37. The van der Waals surface area contributed by atoms with E-state index in [4.69, 9.17) is 9.47 Å². The van der Waals surface area contributed by atoms with Gasteiger partial charge in [0.1, 0.15) is 11.9 Å². The number of methoxy groups -OCH3 is 2. The van der Waals surface area contributed by atoms with Crippen molar-refractivity contribution in [2.75, 3.05) is 20.8 Å². The van der Waals surface area contributed by atoms with Crippen LogP contribution in [-0.4, -0.2) is 48.6 Å². The molecule has 0 saturated heterocycles. The second-order valence-corrected chi connectivity index (χ2v) is 8.55. The molecule has 0 radical (unpaired) electrons. The van der Waals surface area contributed by atoms with E-state index in [0.29, 0.717) is 31.0 Å². The van der Waals surface area contributed by atoms with Gasteiger partial charge in [-0.3, -0.25) is 9.78 Å². The van der Waals surface area contributed by atoms with Crippen molar-refractivity contribution in [2.24, 2.45) is 0 Å². The summed E-state index contributed by atoms with van der Waals surface area (Å²) in [4.78, 5) is 31.7. The van der Waals surface area contributed by atoms with Gasteiger partial charge in [-0.2, -0.15) is 0 Å². The highest BCUT2D eigenvalue weighted by Gasteiger charge is 2.34. The predicted molar refractivity (Wildman–Crippen MR) is 132 cm³/mol. The molecule has 0 saturated carbocycles. The van der Waals surface area contributed by atoms with Gasteiger partial charge in [-0.05, 0) is 72.0 Å². The first-order valence-corrected chi connectivity index (χ1v) is 11.6. The van der Waals surface area contributed by atoms with Crippen molar-refractivity contribution >= 4 is 11.9 Å². The number of urea groups is 1. The topological polar surface area (TPSA) is 92.8 Å². The van der Waals surface area contributed by atoms with Crippen molar-refractivity contribution in [1.82, 2.24) is 20.5 Å². The minimum absolute atomic E-state index is 0.303. The number of rotatable bonds is 7. The van der Waals surface area contributed by atoms with Crippen LogP contribution in [0.25, 0.3) is 0 Å². The lowest BCUT2D eigenvalue weighted by atomic mass is 9.88. The molecule has 3 amide bonds. The summed E-state index contributed by atoms with van der Waals surface area (Å²) in [5.74, 6) is 0.473. The zero-order valence-electron chi connectivity index (χ0n) is 20.5. The lowest BCUT2D eigenvalue weighted by Crippen LogP contribution is -2.52. The minimum atomic E-state index is -0.764. The maximum atomic E-state index is 13.7. The third-order valence-electron chi connectivity index (χ3n) is 6.27. The maximum Gasteiger partial charge on any atom is 0.318 e. The number of nitrogens with one attached hydrogen (secondary N) is 2. The molecule has 0 unspecified atom stereocenters. The Labute approximate surface area is 209 Å². The SMILES string of the molecule is COc1cc2c(cc1OC)[C@@H](c1ccc(F)cc1)N(C(=O)N[C@@H](C)C(=O)NCc1ccncc1)CC2. The summed E-state index contributed by atoms with van der Waals surface area (Å²) >= 11 is 0. The molecule has 1 aliphatic heterocycles. The summed E-state index contributed by atoms with van der Waals surface area (Å²) < 4.78 is 24.7. The highest BCUT2D eigenvalue weighted by molar-refractivity contribution is 5.87. The molecule has 4 rings (SSSR count). The van der Waals surface area contributed by atoms with E-state index in [-0.39, 0.29) is 11.7 Å². The van der Waals surface area contributed by atoms with Gasteiger partial charge < -0.3 is 25.0 Å². The number of fused-ring (bicyclic) bond motifs is 1. The van der Waals surface area contributed by atoms with Crippen LogP contribution in [0.1, 0.15) is 35.2 Å². The molecule has 0 fully saturated rings. The number of pyridine rings is 1. The Hall–Kier alpha value is -4.14. The third kappa shape index (κ3) is 5.40. The first-order chi connectivity index (χ1) is 17.4. The van der Waals surface area contributed by atoms with Crippen molar-refractivity contribution in [3.8, 4) is 11.5 Å². The monoisotopic (exact) mass is 492 g/mol. The molecule has 2 N–H and O–H groups in total. The number of carbonyl (C=O) groups excluding carboxylic acids is 2. The number of carbonyl (C=O) groups is 2. The van der Waals surface area contributed by atoms with Crippen molar-refractivity contribution in [1.29, 1.82) is 0 Å². The van der Waals surface area contributed by atoms with Crippen molar-refractivity contribution in [2.45, 2.75) is 32.0 Å². The molecule has 0 aliphatic carbocycles. The standard InChI is InChI=1S/C27H29FN4O4/c1-17(26(33)30-16-18-8-11-29-12-9-18)31-27(34)32-13-10-20-14-23(35-2)24(36-3)15-22(20)25(32)19-4-6-21(28)7-5-19/h4-9,11-12,14-15,17,25H,10,13,16H2,1-3H3,(H,30,33)(H,31,34)/t17-,25+/m0/s1. The smallest absolute Gasteiger partial charge is 0.318 e. The molecule has 3 aromatic rings. The van der Waals surface area contributed by atoms with Gasteiger partial charge in [-0.25, -0.2) is 9.18 Å². The lowest BCUT2D eigenvalue weighted by molar-refractivity contribution is -0.122. The zero-order chi connectivity index (χ0) is 25.7. The van der Waals surface area contributed by atoms with E-state index in [1.54, 1.807) is 50.6 Å². The Kier molecular flexibility index (Phi) is 7.68. The van der Waals surface area contributed by atoms with Gasteiger partial charge in [-0.1, -0.05) is 12.1 Å². The van der Waals surface area contributed by atoms with Crippen LogP contribution in [-0.2, 0) is 17.8 Å². The Balaban J connectivity index is 1.57. The number of hydrogen-bond acceptors (Lipinski definition) is 5. The summed E-state index contributed by atoms with van der Waals surface area (Å²) in [5.41, 5.74) is 3.52. The fourth-order valence-corrected chi connectivity index (χ4v) is 4.35. The van der Waals surface area contributed by atoms with Crippen LogP contribution in [0.4, 0.5) is 9.18 Å². The molecule has 0 spiro atoms. The summed E-state index contributed by atoms with van der Waals surface area (Å²) in [6, 6.07) is 11.8. The Bertz CT molecular complexity index is 1220. The lowest BCUT2D eigenvalue weighted by Gasteiger charge is -2.38. The fourth-order valence-electron chi connectivity index (χ4n) is 4.35. The first kappa shape index (κ1) is 25.0. The van der Waals surface area contributed by atoms with Gasteiger partial charge in [-0.15, -0.1) is 0 Å². The van der Waals surface area contributed by atoms with E-state index in [0.717, 1.165) is 22.3 Å². The third-order valence-corrected chi connectivity index (χ3v) is 6.27. The molecule has 2 atom stereocenters. The van der Waals surface area contributed by atoms with Gasteiger partial charge in [0.15, 0.2) is 11.5 Å². The Morgan fingerprint density at radius 1 is 1.08 bits per heavy atom. The number of amides is 3. The normalized spacial score (nSPS) is 15.4. The molecule has 8 nitrogen and oxygen atoms in total. The van der Waals surface area contributed by atoms with Crippen LogP contribution >= 0.6 is 0 Å². The van der Waals surface area contributed by atoms with Crippen LogP contribution in [0, 0.1) is 5.82 Å². The summed E-state index contributed by atoms with van der Waals surface area (Å²) in [6.07, 6.45) is 3.89. The van der Waals surface area contributed by atoms with E-state index in [9.17, 15) is 14.0 Å². The quantitative estimate of drug-likeness (QED) is 0.526. The number of benzene rings is 2. The number of nitrogens with zero attached hydrogens (tertiary/aromatic N) is 2. The Morgan fingerprint density at radius 2 is 1.75 bits per heavy atom. The van der Waals surface area contributed by atoms with Crippen molar-refractivity contribution < 1.29 is 23.5 Å². The number of hydrogen-bond donors (Lipinski definition) is 2. The highest BCUT2D eigenvalue weighted by Crippen LogP contribution is 2.41. The van der Waals surface area contributed by atoms with Crippen LogP contribution in [0.5, 0.6) is 11.5 Å². The first-order valence-electron chi connectivity index (χ1n) is 11.6. The fraction of sp³-hybridized carbons (Fsp3) is 0.296. The van der Waals surface area contributed by atoms with Gasteiger partial charge in [0.25, 0.3) is 0 Å². The molecule has 2 heterocycles. The second-order valence-electron chi connectivity index (χ2n) is 8.55. The maximum absolute atomic E-state index is 13.7. The largest absolute Gasteiger partial charge is 0.493 e. The van der Waals surface area contributed by atoms with Crippen LogP contribution < -0.4 is 20.1 Å². The van der Waals surface area contributed by atoms with E-state index in [1.807, 2.05) is 24.3 Å². The van der Waals surface area contributed by atoms with E-state index in [2.05, 4.69) is 15.6 Å².